The highest BCUT2D eigenvalue weighted by atomic mass is 16.3. The Morgan fingerprint density at radius 3 is 2.53 bits per heavy atom. The summed E-state index contributed by atoms with van der Waals surface area (Å²) in [4.78, 5) is 11.6. The second-order valence-corrected chi connectivity index (χ2v) is 4.34. The highest BCUT2D eigenvalue weighted by Crippen LogP contribution is 2.08. The summed E-state index contributed by atoms with van der Waals surface area (Å²) in [6, 6.07) is 9.31. The predicted octanol–water partition coefficient (Wildman–Crippen LogP) is 1.38. The van der Waals surface area contributed by atoms with Gasteiger partial charge in [0.25, 0.3) is 0 Å². The van der Waals surface area contributed by atoms with Crippen LogP contribution >= 0.6 is 0 Å². The van der Waals surface area contributed by atoms with Crippen molar-refractivity contribution in [1.29, 1.82) is 0 Å². The van der Waals surface area contributed by atoms with Crippen LogP contribution in [0.1, 0.15) is 20.3 Å². The first-order valence-electron chi connectivity index (χ1n) is 5.80. The molecule has 1 rings (SSSR count). The Morgan fingerprint density at radius 1 is 1.35 bits per heavy atom. The van der Waals surface area contributed by atoms with Gasteiger partial charge in [0.05, 0.1) is 13.2 Å². The van der Waals surface area contributed by atoms with Crippen molar-refractivity contribution in [3.8, 4) is 0 Å². The van der Waals surface area contributed by atoms with Crippen LogP contribution < -0.4 is 10.6 Å². The van der Waals surface area contributed by atoms with E-state index in [-0.39, 0.29) is 19.1 Å². The van der Waals surface area contributed by atoms with Gasteiger partial charge in [-0.3, -0.25) is 4.79 Å². The van der Waals surface area contributed by atoms with Gasteiger partial charge in [-0.15, -0.1) is 0 Å². The number of hydrogen-bond donors (Lipinski definition) is 3. The molecule has 0 fully saturated rings. The lowest BCUT2D eigenvalue weighted by Gasteiger charge is -2.26. The highest BCUT2D eigenvalue weighted by molar-refractivity contribution is 5.92. The van der Waals surface area contributed by atoms with Crippen molar-refractivity contribution in [3.05, 3.63) is 30.3 Å². The maximum absolute atomic E-state index is 11.6. The molecule has 0 aromatic heterocycles. The van der Waals surface area contributed by atoms with Crippen LogP contribution in [0.3, 0.4) is 0 Å². The third-order valence-electron chi connectivity index (χ3n) is 2.86. The molecule has 0 saturated heterocycles. The molecule has 0 spiro atoms. The normalized spacial score (nSPS) is 14.1. The van der Waals surface area contributed by atoms with Gasteiger partial charge < -0.3 is 15.7 Å². The number of hydrogen-bond acceptors (Lipinski definition) is 3. The number of carbonyl (C=O) groups is 1. The average molecular weight is 236 g/mol. The molecule has 3 N–H and O–H groups in total. The van der Waals surface area contributed by atoms with E-state index in [1.807, 2.05) is 44.2 Å². The number of anilines is 1. The fourth-order valence-electron chi connectivity index (χ4n) is 1.31. The lowest BCUT2D eigenvalue weighted by Crippen LogP contribution is -2.48. The summed E-state index contributed by atoms with van der Waals surface area (Å²) >= 11 is 0. The average Bonchev–Trinajstić information content (AvgIpc) is 2.37. The minimum Gasteiger partial charge on any atom is -0.394 e. The van der Waals surface area contributed by atoms with Crippen LogP contribution in [0.5, 0.6) is 0 Å². The zero-order valence-corrected chi connectivity index (χ0v) is 10.4. The molecule has 1 unspecified atom stereocenters. The van der Waals surface area contributed by atoms with Gasteiger partial charge in [0.2, 0.25) is 5.91 Å². The predicted molar refractivity (Wildman–Crippen MR) is 68.9 cm³/mol. The van der Waals surface area contributed by atoms with Gasteiger partial charge in [0.1, 0.15) is 0 Å². The molecule has 0 aliphatic heterocycles. The van der Waals surface area contributed by atoms with Crippen LogP contribution in [0.15, 0.2) is 30.3 Å². The lowest BCUT2D eigenvalue weighted by atomic mass is 10.0. The molecule has 0 aliphatic rings. The van der Waals surface area contributed by atoms with Crippen molar-refractivity contribution in [3.63, 3.8) is 0 Å². The molecule has 1 aromatic rings. The fourth-order valence-corrected chi connectivity index (χ4v) is 1.31. The van der Waals surface area contributed by atoms with Gasteiger partial charge in [-0.1, -0.05) is 25.1 Å². The van der Waals surface area contributed by atoms with E-state index in [1.54, 1.807) is 0 Å². The highest BCUT2D eigenvalue weighted by Gasteiger charge is 2.20. The SMILES string of the molecule is CCC(C)(CO)NCC(=O)Nc1ccccc1. The summed E-state index contributed by atoms with van der Waals surface area (Å²) in [5, 5.41) is 15.0. The third-order valence-corrected chi connectivity index (χ3v) is 2.86. The Labute approximate surface area is 102 Å². The van der Waals surface area contributed by atoms with E-state index in [1.165, 1.54) is 0 Å². The molecule has 1 aromatic carbocycles. The molecule has 0 saturated carbocycles. The van der Waals surface area contributed by atoms with Crippen LogP contribution in [0.25, 0.3) is 0 Å². The number of rotatable bonds is 6. The van der Waals surface area contributed by atoms with Crippen LogP contribution in [-0.4, -0.2) is 29.7 Å². The first-order valence-corrected chi connectivity index (χ1v) is 5.80. The molecule has 0 bridgehead atoms. The van der Waals surface area contributed by atoms with Crippen LogP contribution in [0.4, 0.5) is 5.69 Å². The Morgan fingerprint density at radius 2 is 2.00 bits per heavy atom. The maximum atomic E-state index is 11.6. The summed E-state index contributed by atoms with van der Waals surface area (Å²) in [6.07, 6.45) is 0.766. The summed E-state index contributed by atoms with van der Waals surface area (Å²) < 4.78 is 0. The van der Waals surface area contributed by atoms with Crippen molar-refractivity contribution >= 4 is 11.6 Å². The molecule has 0 heterocycles. The van der Waals surface area contributed by atoms with Gasteiger partial charge in [0, 0.05) is 11.2 Å². The molecule has 1 amide bonds. The van der Waals surface area contributed by atoms with E-state index in [0.717, 1.165) is 12.1 Å². The van der Waals surface area contributed by atoms with E-state index in [2.05, 4.69) is 10.6 Å². The van der Waals surface area contributed by atoms with Crippen LogP contribution in [0, 0.1) is 0 Å². The summed E-state index contributed by atoms with van der Waals surface area (Å²) in [5.41, 5.74) is 0.384. The quantitative estimate of drug-likeness (QED) is 0.699. The fraction of sp³-hybridized carbons (Fsp3) is 0.462. The molecular formula is C13H20N2O2. The monoisotopic (exact) mass is 236 g/mol. The Bertz CT molecular complexity index is 348. The number of aliphatic hydroxyl groups excluding tert-OH is 1. The third kappa shape index (κ3) is 4.54. The molecular weight excluding hydrogens is 216 g/mol. The lowest BCUT2D eigenvalue weighted by molar-refractivity contribution is -0.115. The Kier molecular flexibility index (Phi) is 5.12. The first-order chi connectivity index (χ1) is 8.09. The topological polar surface area (TPSA) is 61.4 Å². The molecule has 17 heavy (non-hydrogen) atoms. The Hall–Kier alpha value is -1.39. The minimum atomic E-state index is -0.395. The van der Waals surface area contributed by atoms with Crippen molar-refractivity contribution in [2.75, 3.05) is 18.5 Å². The van der Waals surface area contributed by atoms with E-state index < -0.39 is 5.54 Å². The van der Waals surface area contributed by atoms with Crippen molar-refractivity contribution < 1.29 is 9.90 Å². The second-order valence-electron chi connectivity index (χ2n) is 4.34. The van der Waals surface area contributed by atoms with Crippen LogP contribution in [-0.2, 0) is 4.79 Å². The standard InChI is InChI=1S/C13H20N2O2/c1-3-13(2,10-16)14-9-12(17)15-11-7-5-4-6-8-11/h4-8,14,16H,3,9-10H2,1-2H3,(H,15,17). The molecule has 1 atom stereocenters. The smallest absolute Gasteiger partial charge is 0.238 e. The van der Waals surface area contributed by atoms with Gasteiger partial charge in [-0.2, -0.15) is 0 Å². The number of nitrogens with one attached hydrogen (secondary N) is 2. The summed E-state index contributed by atoms with van der Waals surface area (Å²) in [7, 11) is 0. The first kappa shape index (κ1) is 13.7. The molecule has 4 heteroatoms. The maximum Gasteiger partial charge on any atom is 0.238 e. The number of benzene rings is 1. The van der Waals surface area contributed by atoms with E-state index in [0.29, 0.717) is 0 Å². The van der Waals surface area contributed by atoms with Gasteiger partial charge in [0.15, 0.2) is 0 Å². The summed E-state index contributed by atoms with van der Waals surface area (Å²) in [6.45, 7) is 4.07. The van der Waals surface area contributed by atoms with Crippen LogP contribution in [0.2, 0.25) is 0 Å². The minimum absolute atomic E-state index is 0.0160. The molecule has 0 aliphatic carbocycles. The number of para-hydroxylation sites is 1. The van der Waals surface area contributed by atoms with E-state index in [4.69, 9.17) is 0 Å². The zero-order chi connectivity index (χ0) is 12.7. The zero-order valence-electron chi connectivity index (χ0n) is 10.4. The molecule has 94 valence electrons. The van der Waals surface area contributed by atoms with Crippen molar-refractivity contribution in [2.24, 2.45) is 0 Å². The van der Waals surface area contributed by atoms with Gasteiger partial charge in [-0.25, -0.2) is 0 Å². The largest absolute Gasteiger partial charge is 0.394 e. The van der Waals surface area contributed by atoms with Crippen molar-refractivity contribution in [2.45, 2.75) is 25.8 Å². The summed E-state index contributed by atoms with van der Waals surface area (Å²) in [5.74, 6) is -0.107. The Balaban J connectivity index is 2.41. The number of amides is 1. The number of aliphatic hydroxyl groups is 1. The van der Waals surface area contributed by atoms with E-state index in [9.17, 15) is 9.90 Å². The molecule has 4 nitrogen and oxygen atoms in total. The second kappa shape index (κ2) is 6.37. The van der Waals surface area contributed by atoms with Crippen molar-refractivity contribution in [1.82, 2.24) is 5.32 Å². The molecule has 0 radical (unpaired) electrons. The van der Waals surface area contributed by atoms with Gasteiger partial charge >= 0.3 is 0 Å². The van der Waals surface area contributed by atoms with E-state index >= 15 is 0 Å². The number of carbonyl (C=O) groups excluding carboxylic acids is 1. The van der Waals surface area contributed by atoms with Gasteiger partial charge in [-0.05, 0) is 25.5 Å².